The number of nitrogens with two attached hydrogens (primary N) is 1. The zero-order valence-corrected chi connectivity index (χ0v) is 11.5. The quantitative estimate of drug-likeness (QED) is 0.803. The Balaban J connectivity index is 2.05. The van der Waals surface area contributed by atoms with Crippen molar-refractivity contribution in [1.29, 1.82) is 0 Å². The highest BCUT2D eigenvalue weighted by Gasteiger charge is 2.11. The Hall–Kier alpha value is -2.34. The second-order valence-electron chi connectivity index (χ2n) is 4.49. The van der Waals surface area contributed by atoms with E-state index in [9.17, 15) is 4.79 Å². The maximum Gasteiger partial charge on any atom is 0.271 e. The molecule has 2 rings (SSSR count). The lowest BCUT2D eigenvalue weighted by Gasteiger charge is -2.09. The van der Waals surface area contributed by atoms with Gasteiger partial charge in [-0.1, -0.05) is 0 Å². The molecule has 0 aliphatic carbocycles. The molecule has 0 saturated carbocycles. The number of anilines is 1. The highest BCUT2D eigenvalue weighted by molar-refractivity contribution is 5.92. The predicted octanol–water partition coefficient (Wildman–Crippen LogP) is 1.22. The minimum atomic E-state index is -0.219. The molecule has 0 radical (unpaired) electrons. The second-order valence-corrected chi connectivity index (χ2v) is 4.49. The Labute approximate surface area is 117 Å². The fraction of sp³-hybridized carbons (Fsp3) is 0.286. The monoisotopic (exact) mass is 274 g/mol. The number of rotatable bonds is 5. The van der Waals surface area contributed by atoms with E-state index < -0.39 is 0 Å². The molecular formula is C14H18N4O2. The van der Waals surface area contributed by atoms with E-state index in [1.807, 2.05) is 19.1 Å². The van der Waals surface area contributed by atoms with Gasteiger partial charge in [0.15, 0.2) is 5.69 Å². The third kappa shape index (κ3) is 3.36. The topological polar surface area (TPSA) is 82.2 Å². The Kier molecular flexibility index (Phi) is 4.37. The summed E-state index contributed by atoms with van der Waals surface area (Å²) in [7, 11) is 1.60. The Bertz CT molecular complexity index is 577. The number of ether oxygens (including phenoxy) is 1. The molecule has 0 bridgehead atoms. The van der Waals surface area contributed by atoms with Gasteiger partial charge in [-0.2, -0.15) is 5.10 Å². The molecule has 1 amide bonds. The average Bonchev–Trinajstić information content (AvgIpc) is 2.95. The number of nitrogens with zero attached hydrogens (tertiary/aromatic N) is 2. The highest BCUT2D eigenvalue weighted by Crippen LogP contribution is 2.10. The van der Waals surface area contributed by atoms with Crippen LogP contribution in [0.15, 0.2) is 36.5 Å². The number of hydrogen-bond donors (Lipinski definition) is 2. The van der Waals surface area contributed by atoms with Crippen LogP contribution >= 0.6 is 0 Å². The van der Waals surface area contributed by atoms with Gasteiger partial charge in [-0.15, -0.1) is 0 Å². The summed E-state index contributed by atoms with van der Waals surface area (Å²) in [6.07, 6.45) is 1.71. The number of amides is 1. The summed E-state index contributed by atoms with van der Waals surface area (Å²) in [6.45, 7) is 2.33. The smallest absolute Gasteiger partial charge is 0.271 e. The Morgan fingerprint density at radius 3 is 2.75 bits per heavy atom. The van der Waals surface area contributed by atoms with E-state index in [0.717, 1.165) is 5.69 Å². The van der Waals surface area contributed by atoms with Gasteiger partial charge in [0.25, 0.3) is 5.91 Å². The third-order valence-corrected chi connectivity index (χ3v) is 2.93. The molecule has 6 heteroatoms. The van der Waals surface area contributed by atoms with Crippen molar-refractivity contribution in [3.63, 3.8) is 0 Å². The normalized spacial score (nSPS) is 12.1. The van der Waals surface area contributed by atoms with Gasteiger partial charge in [0.2, 0.25) is 0 Å². The number of methoxy groups -OCH3 is 1. The fourth-order valence-electron chi connectivity index (χ4n) is 1.63. The van der Waals surface area contributed by atoms with E-state index in [1.54, 1.807) is 36.2 Å². The first-order chi connectivity index (χ1) is 9.60. The van der Waals surface area contributed by atoms with Crippen LogP contribution < -0.4 is 11.1 Å². The van der Waals surface area contributed by atoms with Crippen LogP contribution in [0.25, 0.3) is 5.69 Å². The van der Waals surface area contributed by atoms with E-state index in [1.165, 1.54) is 0 Å². The van der Waals surface area contributed by atoms with Crippen LogP contribution in [0, 0.1) is 0 Å². The van der Waals surface area contributed by atoms with Crippen molar-refractivity contribution in [3.8, 4) is 5.69 Å². The van der Waals surface area contributed by atoms with Gasteiger partial charge in [-0.25, -0.2) is 4.68 Å². The second kappa shape index (κ2) is 6.21. The number of aromatic nitrogens is 2. The molecule has 2 aromatic rings. The molecule has 1 aromatic carbocycles. The van der Waals surface area contributed by atoms with E-state index in [4.69, 9.17) is 10.5 Å². The van der Waals surface area contributed by atoms with Crippen LogP contribution in [-0.4, -0.2) is 35.4 Å². The van der Waals surface area contributed by atoms with Crippen molar-refractivity contribution >= 4 is 11.6 Å². The first-order valence-corrected chi connectivity index (χ1v) is 6.32. The minimum Gasteiger partial charge on any atom is -0.399 e. The molecule has 106 valence electrons. The summed E-state index contributed by atoms with van der Waals surface area (Å²) in [5.74, 6) is -0.219. The molecule has 1 atom stereocenters. The van der Waals surface area contributed by atoms with Crippen molar-refractivity contribution in [2.24, 2.45) is 0 Å². The molecule has 6 nitrogen and oxygen atoms in total. The van der Waals surface area contributed by atoms with Gasteiger partial charge in [-0.05, 0) is 37.3 Å². The summed E-state index contributed by atoms with van der Waals surface area (Å²) in [4.78, 5) is 11.9. The first kappa shape index (κ1) is 14.1. The van der Waals surface area contributed by atoms with Crippen molar-refractivity contribution in [2.75, 3.05) is 19.4 Å². The van der Waals surface area contributed by atoms with Gasteiger partial charge in [0, 0.05) is 25.5 Å². The van der Waals surface area contributed by atoms with Crippen molar-refractivity contribution in [2.45, 2.75) is 13.0 Å². The lowest BCUT2D eigenvalue weighted by molar-refractivity contribution is 0.0865. The predicted molar refractivity (Wildman–Crippen MR) is 76.8 cm³/mol. The van der Waals surface area contributed by atoms with E-state index in [2.05, 4.69) is 10.4 Å². The maximum atomic E-state index is 11.9. The van der Waals surface area contributed by atoms with E-state index in [-0.39, 0.29) is 12.0 Å². The lowest BCUT2D eigenvalue weighted by atomic mass is 10.3. The molecule has 20 heavy (non-hydrogen) atoms. The summed E-state index contributed by atoms with van der Waals surface area (Å²) < 4.78 is 6.70. The summed E-state index contributed by atoms with van der Waals surface area (Å²) >= 11 is 0. The molecule has 1 aromatic heterocycles. The summed E-state index contributed by atoms with van der Waals surface area (Å²) in [5, 5.41) is 7.00. The van der Waals surface area contributed by atoms with Crippen molar-refractivity contribution in [1.82, 2.24) is 15.1 Å². The number of nitrogens with one attached hydrogen (secondary N) is 1. The molecule has 0 aliphatic rings. The van der Waals surface area contributed by atoms with E-state index >= 15 is 0 Å². The zero-order valence-electron chi connectivity index (χ0n) is 11.5. The fourth-order valence-corrected chi connectivity index (χ4v) is 1.63. The molecule has 0 saturated heterocycles. The largest absolute Gasteiger partial charge is 0.399 e. The van der Waals surface area contributed by atoms with Crippen LogP contribution in [0.2, 0.25) is 0 Å². The first-order valence-electron chi connectivity index (χ1n) is 6.32. The number of hydrogen-bond acceptors (Lipinski definition) is 4. The van der Waals surface area contributed by atoms with Crippen molar-refractivity contribution < 1.29 is 9.53 Å². The van der Waals surface area contributed by atoms with E-state index in [0.29, 0.717) is 17.9 Å². The highest BCUT2D eigenvalue weighted by atomic mass is 16.5. The molecule has 1 unspecified atom stereocenters. The van der Waals surface area contributed by atoms with Gasteiger partial charge >= 0.3 is 0 Å². The Morgan fingerprint density at radius 2 is 2.10 bits per heavy atom. The molecular weight excluding hydrogens is 256 g/mol. The van der Waals surface area contributed by atoms with Crippen LogP contribution in [0.4, 0.5) is 5.69 Å². The van der Waals surface area contributed by atoms with Gasteiger partial charge in [0.1, 0.15) is 0 Å². The van der Waals surface area contributed by atoms with Crippen LogP contribution in [0.3, 0.4) is 0 Å². The van der Waals surface area contributed by atoms with Gasteiger partial charge < -0.3 is 15.8 Å². The Morgan fingerprint density at radius 1 is 1.40 bits per heavy atom. The zero-order chi connectivity index (χ0) is 14.5. The number of benzene rings is 1. The molecule has 3 N–H and O–H groups in total. The average molecular weight is 274 g/mol. The van der Waals surface area contributed by atoms with Crippen LogP contribution in [0.1, 0.15) is 17.4 Å². The minimum absolute atomic E-state index is 0.0295. The summed E-state index contributed by atoms with van der Waals surface area (Å²) in [6, 6.07) is 8.94. The van der Waals surface area contributed by atoms with Crippen LogP contribution in [0.5, 0.6) is 0 Å². The number of carbonyl (C=O) groups is 1. The van der Waals surface area contributed by atoms with Gasteiger partial charge in [-0.3, -0.25) is 4.79 Å². The molecule has 0 spiro atoms. The summed E-state index contributed by atoms with van der Waals surface area (Å²) in [5.41, 5.74) is 7.54. The molecule has 0 fully saturated rings. The molecule has 0 aliphatic heterocycles. The standard InChI is InChI=1S/C14H18N4O2/c1-10(20-2)9-16-14(19)13-7-8-18(17-13)12-5-3-11(15)4-6-12/h3-8,10H,9,15H2,1-2H3,(H,16,19). The number of carbonyl (C=O) groups excluding carboxylic acids is 1. The van der Waals surface area contributed by atoms with Crippen molar-refractivity contribution in [3.05, 3.63) is 42.2 Å². The molecule has 1 heterocycles. The van der Waals surface area contributed by atoms with Crippen LogP contribution in [-0.2, 0) is 4.74 Å². The number of nitrogen functional groups attached to an aromatic ring is 1. The SMILES string of the molecule is COC(C)CNC(=O)c1ccn(-c2ccc(N)cc2)n1. The third-order valence-electron chi connectivity index (χ3n) is 2.93. The maximum absolute atomic E-state index is 11.9. The van der Waals surface area contributed by atoms with Gasteiger partial charge in [0.05, 0.1) is 11.8 Å². The lowest BCUT2D eigenvalue weighted by Crippen LogP contribution is -2.31.